The average Bonchev–Trinajstić information content (AvgIpc) is 3.17. The first-order valence-electron chi connectivity index (χ1n) is 11.1. The summed E-state index contributed by atoms with van der Waals surface area (Å²) in [6, 6.07) is 6.73. The molecule has 1 aromatic rings. The Morgan fingerprint density at radius 2 is 2.13 bits per heavy atom. The third kappa shape index (κ3) is 4.41. The van der Waals surface area contributed by atoms with E-state index in [-0.39, 0.29) is 11.7 Å². The lowest BCUT2D eigenvalue weighted by Crippen LogP contribution is -2.37. The standard InChI is InChI=1S/C25H32N4O2/c1-16-11-20(27-24(16)25(31)28(3)4)13-21-22(30)12-18-7-5-8-19(23(18)21)15-29-10-6-9-26-14-17(29)2/h5,7-8,13,17,26H,6,9-12,14-15H2,1-4H3/b21-13+. The molecular formula is C25H32N4O2. The fraction of sp³-hybridized carbons (Fsp3) is 0.480. The summed E-state index contributed by atoms with van der Waals surface area (Å²) in [4.78, 5) is 34.0. The molecule has 0 saturated carbocycles. The molecule has 6 nitrogen and oxygen atoms in total. The Labute approximate surface area is 184 Å². The van der Waals surface area contributed by atoms with E-state index in [0.717, 1.165) is 60.6 Å². The number of benzene rings is 1. The van der Waals surface area contributed by atoms with Crippen molar-refractivity contribution in [3.8, 4) is 0 Å². The highest BCUT2D eigenvalue weighted by Gasteiger charge is 2.30. The second-order valence-electron chi connectivity index (χ2n) is 9.09. The smallest absolute Gasteiger partial charge is 0.271 e. The number of fused-ring (bicyclic) bond motifs is 1. The van der Waals surface area contributed by atoms with Crippen molar-refractivity contribution < 1.29 is 9.59 Å². The third-order valence-electron chi connectivity index (χ3n) is 6.42. The molecule has 1 unspecified atom stereocenters. The minimum absolute atomic E-state index is 0.0894. The molecule has 3 aliphatic rings. The molecule has 4 rings (SSSR count). The van der Waals surface area contributed by atoms with Gasteiger partial charge in [-0.3, -0.25) is 14.5 Å². The maximum Gasteiger partial charge on any atom is 0.271 e. The summed E-state index contributed by atoms with van der Waals surface area (Å²) < 4.78 is 0. The number of hydrogen-bond acceptors (Lipinski definition) is 5. The topological polar surface area (TPSA) is 65.0 Å². The zero-order chi connectivity index (χ0) is 22.1. The van der Waals surface area contributed by atoms with Gasteiger partial charge in [-0.15, -0.1) is 0 Å². The van der Waals surface area contributed by atoms with Gasteiger partial charge in [-0.25, -0.2) is 4.99 Å². The zero-order valence-corrected chi connectivity index (χ0v) is 19.0. The molecular weight excluding hydrogens is 388 g/mol. The Morgan fingerprint density at radius 3 is 2.90 bits per heavy atom. The molecule has 1 fully saturated rings. The van der Waals surface area contributed by atoms with Crippen LogP contribution in [0.2, 0.25) is 0 Å². The Bertz CT molecular complexity index is 1000. The number of rotatable bonds is 4. The van der Waals surface area contributed by atoms with Gasteiger partial charge in [-0.2, -0.15) is 0 Å². The van der Waals surface area contributed by atoms with Crippen molar-refractivity contribution in [1.29, 1.82) is 0 Å². The van der Waals surface area contributed by atoms with Gasteiger partial charge in [0.05, 0.1) is 0 Å². The van der Waals surface area contributed by atoms with Crippen LogP contribution in [-0.4, -0.2) is 67.0 Å². The van der Waals surface area contributed by atoms with E-state index in [1.807, 2.05) is 13.0 Å². The number of Topliss-reactive ketones (excluding diaryl/α,β-unsaturated/α-hetero) is 1. The van der Waals surface area contributed by atoms with Crippen LogP contribution in [-0.2, 0) is 22.6 Å². The minimum atomic E-state index is -0.0894. The van der Waals surface area contributed by atoms with E-state index in [2.05, 4.69) is 40.3 Å². The SMILES string of the molecule is CC1=C(C(=O)N(C)C)N=C(/C=C2\C(=O)Cc3cccc(CN4CCCNCC4C)c32)C1. The van der Waals surface area contributed by atoms with Gasteiger partial charge in [0, 0.05) is 63.9 Å². The van der Waals surface area contributed by atoms with Crippen molar-refractivity contribution in [2.45, 2.75) is 45.7 Å². The quantitative estimate of drug-likeness (QED) is 0.761. The summed E-state index contributed by atoms with van der Waals surface area (Å²) >= 11 is 0. The highest BCUT2D eigenvalue weighted by atomic mass is 16.2. The summed E-state index contributed by atoms with van der Waals surface area (Å²) in [5.41, 5.74) is 6.37. The number of allylic oxidation sites excluding steroid dienone is 3. The molecule has 1 saturated heterocycles. The van der Waals surface area contributed by atoms with Gasteiger partial charge in [-0.1, -0.05) is 18.2 Å². The lowest BCUT2D eigenvalue weighted by atomic mass is 9.97. The lowest BCUT2D eigenvalue weighted by molar-refractivity contribution is -0.124. The molecule has 2 aliphatic heterocycles. The molecule has 1 amide bonds. The van der Waals surface area contributed by atoms with Crippen LogP contribution in [0.15, 0.2) is 40.5 Å². The van der Waals surface area contributed by atoms with Crippen molar-refractivity contribution in [3.05, 3.63) is 52.2 Å². The second-order valence-corrected chi connectivity index (χ2v) is 9.09. The molecule has 0 bridgehead atoms. The highest BCUT2D eigenvalue weighted by Crippen LogP contribution is 2.35. The number of carbonyl (C=O) groups excluding carboxylic acids is 2. The maximum atomic E-state index is 13.0. The summed E-state index contributed by atoms with van der Waals surface area (Å²) in [5, 5.41) is 3.50. The van der Waals surface area contributed by atoms with Crippen LogP contribution in [0.25, 0.3) is 5.57 Å². The van der Waals surface area contributed by atoms with Crippen LogP contribution in [0.4, 0.5) is 0 Å². The number of hydrogen-bond donors (Lipinski definition) is 1. The first kappa shape index (κ1) is 21.7. The van der Waals surface area contributed by atoms with E-state index in [4.69, 9.17) is 0 Å². The van der Waals surface area contributed by atoms with Crippen LogP contribution in [0.5, 0.6) is 0 Å². The van der Waals surface area contributed by atoms with E-state index in [0.29, 0.717) is 24.6 Å². The fourth-order valence-corrected chi connectivity index (χ4v) is 4.69. The Hall–Kier alpha value is -2.57. The predicted molar refractivity (Wildman–Crippen MR) is 124 cm³/mol. The molecule has 0 radical (unpaired) electrons. The number of likely N-dealkylation sites (N-methyl/N-ethyl adjacent to an activating group) is 1. The first-order chi connectivity index (χ1) is 14.8. The van der Waals surface area contributed by atoms with Crippen molar-refractivity contribution >= 4 is 23.0 Å². The highest BCUT2D eigenvalue weighted by molar-refractivity contribution is 6.30. The predicted octanol–water partition coefficient (Wildman–Crippen LogP) is 2.59. The third-order valence-corrected chi connectivity index (χ3v) is 6.42. The van der Waals surface area contributed by atoms with E-state index in [1.54, 1.807) is 19.0 Å². The lowest BCUT2D eigenvalue weighted by Gasteiger charge is -2.27. The second kappa shape index (κ2) is 8.89. The van der Waals surface area contributed by atoms with Crippen LogP contribution < -0.4 is 5.32 Å². The number of ketones is 1. The van der Waals surface area contributed by atoms with Crippen LogP contribution >= 0.6 is 0 Å². The first-order valence-corrected chi connectivity index (χ1v) is 11.1. The largest absolute Gasteiger partial charge is 0.343 e. The average molecular weight is 421 g/mol. The van der Waals surface area contributed by atoms with Crippen molar-refractivity contribution in [2.75, 3.05) is 33.7 Å². The van der Waals surface area contributed by atoms with E-state index < -0.39 is 0 Å². The number of carbonyl (C=O) groups is 2. The Balaban J connectivity index is 1.65. The van der Waals surface area contributed by atoms with Crippen molar-refractivity contribution in [3.63, 3.8) is 0 Å². The maximum absolute atomic E-state index is 13.0. The summed E-state index contributed by atoms with van der Waals surface area (Å²) in [5.74, 6) is 0.0502. The van der Waals surface area contributed by atoms with Gasteiger partial charge in [0.25, 0.3) is 5.91 Å². The monoisotopic (exact) mass is 420 g/mol. The van der Waals surface area contributed by atoms with Gasteiger partial charge in [0.2, 0.25) is 0 Å². The minimum Gasteiger partial charge on any atom is -0.343 e. The fourth-order valence-electron chi connectivity index (χ4n) is 4.69. The normalized spacial score (nSPS) is 23.2. The van der Waals surface area contributed by atoms with Crippen LogP contribution in [0, 0.1) is 0 Å². The van der Waals surface area contributed by atoms with Gasteiger partial charge in [0.15, 0.2) is 5.78 Å². The molecule has 2 heterocycles. The number of amides is 1. The van der Waals surface area contributed by atoms with Crippen molar-refractivity contribution in [2.24, 2.45) is 4.99 Å². The molecule has 1 aliphatic carbocycles. The van der Waals surface area contributed by atoms with Gasteiger partial charge >= 0.3 is 0 Å². The zero-order valence-electron chi connectivity index (χ0n) is 19.0. The van der Waals surface area contributed by atoms with E-state index in [1.165, 1.54) is 5.56 Å². The van der Waals surface area contributed by atoms with E-state index in [9.17, 15) is 9.59 Å². The van der Waals surface area contributed by atoms with Gasteiger partial charge in [0.1, 0.15) is 5.70 Å². The Kier molecular flexibility index (Phi) is 6.21. The molecule has 164 valence electrons. The molecule has 0 spiro atoms. The van der Waals surface area contributed by atoms with Crippen LogP contribution in [0.3, 0.4) is 0 Å². The molecule has 1 aromatic carbocycles. The summed E-state index contributed by atoms with van der Waals surface area (Å²) in [6.07, 6.45) is 4.10. The Morgan fingerprint density at radius 1 is 1.32 bits per heavy atom. The summed E-state index contributed by atoms with van der Waals surface area (Å²) in [7, 11) is 3.47. The summed E-state index contributed by atoms with van der Waals surface area (Å²) in [6.45, 7) is 8.13. The molecule has 1 atom stereocenters. The molecule has 6 heteroatoms. The van der Waals surface area contributed by atoms with Crippen LogP contribution in [0.1, 0.15) is 43.4 Å². The number of nitrogens with one attached hydrogen (secondary N) is 1. The van der Waals surface area contributed by atoms with Crippen molar-refractivity contribution in [1.82, 2.24) is 15.1 Å². The molecule has 31 heavy (non-hydrogen) atoms. The van der Waals surface area contributed by atoms with E-state index >= 15 is 0 Å². The van der Waals surface area contributed by atoms with Gasteiger partial charge < -0.3 is 10.2 Å². The molecule has 0 aromatic heterocycles. The number of nitrogens with zero attached hydrogens (tertiary/aromatic N) is 3. The van der Waals surface area contributed by atoms with Gasteiger partial charge in [-0.05, 0) is 55.2 Å². The molecule has 1 N–H and O–H groups in total. The number of aliphatic imine (C=N–C) groups is 1.